The molecular weight excluding hydrogens is 220 g/mol. The minimum Gasteiger partial charge on any atom is -0.341 e. The predicted octanol–water partition coefficient (Wildman–Crippen LogP) is -0.486. The Balaban J connectivity index is 2.36. The highest BCUT2D eigenvalue weighted by Crippen LogP contribution is 2.07. The van der Waals surface area contributed by atoms with Crippen LogP contribution in [0.25, 0.3) is 0 Å². The lowest BCUT2D eigenvalue weighted by Gasteiger charge is -2.26. The molecule has 0 saturated carbocycles. The Morgan fingerprint density at radius 2 is 2.24 bits per heavy atom. The fraction of sp³-hybridized carbons (Fsp3) is 0.818. The first-order valence-corrected chi connectivity index (χ1v) is 6.00. The van der Waals surface area contributed by atoms with Gasteiger partial charge in [-0.05, 0) is 33.4 Å². The number of urea groups is 1. The van der Waals surface area contributed by atoms with Crippen LogP contribution in [0.15, 0.2) is 0 Å². The van der Waals surface area contributed by atoms with Crippen molar-refractivity contribution in [2.75, 3.05) is 27.2 Å². The third-order valence-corrected chi connectivity index (χ3v) is 3.18. The van der Waals surface area contributed by atoms with Gasteiger partial charge in [-0.15, -0.1) is 0 Å². The molecular formula is C11H22N4O2. The van der Waals surface area contributed by atoms with Gasteiger partial charge in [0.25, 0.3) is 0 Å². The van der Waals surface area contributed by atoms with Crippen LogP contribution in [0.1, 0.15) is 19.8 Å². The fourth-order valence-electron chi connectivity index (χ4n) is 1.90. The van der Waals surface area contributed by atoms with Crippen molar-refractivity contribution >= 4 is 11.9 Å². The summed E-state index contributed by atoms with van der Waals surface area (Å²) in [6, 6.07) is -0.320. The average molecular weight is 242 g/mol. The van der Waals surface area contributed by atoms with E-state index in [0.29, 0.717) is 6.04 Å². The zero-order chi connectivity index (χ0) is 12.8. The van der Waals surface area contributed by atoms with Crippen molar-refractivity contribution in [3.05, 3.63) is 0 Å². The Hall–Kier alpha value is -1.14. The summed E-state index contributed by atoms with van der Waals surface area (Å²) < 4.78 is 0. The number of nitrogens with zero attached hydrogens (tertiary/aromatic N) is 1. The van der Waals surface area contributed by atoms with E-state index < -0.39 is 6.03 Å². The molecule has 0 aliphatic carbocycles. The lowest BCUT2D eigenvalue weighted by Crippen LogP contribution is -2.50. The Morgan fingerprint density at radius 3 is 2.76 bits per heavy atom. The molecule has 1 aliphatic rings. The van der Waals surface area contributed by atoms with E-state index in [1.165, 1.54) is 13.5 Å². The lowest BCUT2D eigenvalue weighted by atomic mass is 10.2. The van der Waals surface area contributed by atoms with Gasteiger partial charge in [-0.25, -0.2) is 4.79 Å². The van der Waals surface area contributed by atoms with E-state index in [9.17, 15) is 9.59 Å². The second-order valence-electron chi connectivity index (χ2n) is 4.48. The first kappa shape index (κ1) is 13.9. The van der Waals surface area contributed by atoms with E-state index in [4.69, 9.17) is 0 Å². The van der Waals surface area contributed by atoms with Gasteiger partial charge in [-0.2, -0.15) is 0 Å². The normalized spacial score (nSPS) is 21.3. The second kappa shape index (κ2) is 6.56. The minimum atomic E-state index is -0.464. The van der Waals surface area contributed by atoms with Gasteiger partial charge in [0.15, 0.2) is 0 Å². The van der Waals surface area contributed by atoms with Crippen LogP contribution in [0, 0.1) is 0 Å². The minimum absolute atomic E-state index is 0.273. The molecule has 3 N–H and O–H groups in total. The van der Waals surface area contributed by atoms with Crippen molar-refractivity contribution in [2.24, 2.45) is 0 Å². The topological polar surface area (TPSA) is 73.5 Å². The number of carbonyl (C=O) groups is 2. The van der Waals surface area contributed by atoms with Crippen molar-refractivity contribution in [2.45, 2.75) is 31.8 Å². The Morgan fingerprint density at radius 1 is 1.53 bits per heavy atom. The molecule has 1 fully saturated rings. The number of nitrogens with one attached hydrogen (secondary N) is 3. The van der Waals surface area contributed by atoms with Crippen LogP contribution in [-0.2, 0) is 4.79 Å². The van der Waals surface area contributed by atoms with Crippen LogP contribution in [0.2, 0.25) is 0 Å². The summed E-state index contributed by atoms with van der Waals surface area (Å²) in [6.07, 6.45) is 2.34. The van der Waals surface area contributed by atoms with Crippen molar-refractivity contribution in [1.82, 2.24) is 20.9 Å². The van der Waals surface area contributed by atoms with Gasteiger partial charge in [0, 0.05) is 19.6 Å². The number of amides is 3. The van der Waals surface area contributed by atoms with Gasteiger partial charge in [0.05, 0.1) is 6.04 Å². The molecule has 1 saturated heterocycles. The van der Waals surface area contributed by atoms with Crippen LogP contribution in [0.3, 0.4) is 0 Å². The molecule has 17 heavy (non-hydrogen) atoms. The molecule has 0 spiro atoms. The molecule has 2 atom stereocenters. The van der Waals surface area contributed by atoms with Crippen molar-refractivity contribution in [3.8, 4) is 0 Å². The number of imide groups is 1. The van der Waals surface area contributed by atoms with E-state index in [2.05, 4.69) is 16.0 Å². The largest absolute Gasteiger partial charge is 0.341 e. The molecule has 0 aromatic heterocycles. The summed E-state index contributed by atoms with van der Waals surface area (Å²) in [5.41, 5.74) is 0. The Bertz CT molecular complexity index is 277. The Kier molecular flexibility index (Phi) is 5.37. The third kappa shape index (κ3) is 4.32. The molecule has 3 amide bonds. The van der Waals surface area contributed by atoms with Gasteiger partial charge >= 0.3 is 6.03 Å². The molecule has 0 bridgehead atoms. The number of hydrogen-bond acceptors (Lipinski definition) is 4. The van der Waals surface area contributed by atoms with Crippen molar-refractivity contribution in [3.63, 3.8) is 0 Å². The smallest absolute Gasteiger partial charge is 0.321 e. The number of hydrogen-bond donors (Lipinski definition) is 3. The van der Waals surface area contributed by atoms with Gasteiger partial charge in [-0.3, -0.25) is 15.0 Å². The molecule has 0 radical (unpaired) electrons. The molecule has 98 valence electrons. The maximum atomic E-state index is 11.7. The van der Waals surface area contributed by atoms with Crippen molar-refractivity contribution in [1.29, 1.82) is 0 Å². The van der Waals surface area contributed by atoms with E-state index in [0.717, 1.165) is 19.5 Å². The monoisotopic (exact) mass is 242 g/mol. The van der Waals surface area contributed by atoms with Crippen LogP contribution in [-0.4, -0.2) is 56.1 Å². The van der Waals surface area contributed by atoms with Gasteiger partial charge in [0.1, 0.15) is 0 Å². The number of rotatable bonds is 4. The van der Waals surface area contributed by atoms with Gasteiger partial charge in [-0.1, -0.05) is 0 Å². The maximum absolute atomic E-state index is 11.7. The zero-order valence-corrected chi connectivity index (χ0v) is 10.7. The van der Waals surface area contributed by atoms with Gasteiger partial charge in [0.2, 0.25) is 5.91 Å². The van der Waals surface area contributed by atoms with Crippen LogP contribution in [0.5, 0.6) is 0 Å². The average Bonchev–Trinajstić information content (AvgIpc) is 2.80. The van der Waals surface area contributed by atoms with E-state index in [1.807, 2.05) is 11.9 Å². The summed E-state index contributed by atoms with van der Waals surface area (Å²) >= 11 is 0. The molecule has 0 aromatic rings. The summed E-state index contributed by atoms with van der Waals surface area (Å²) in [5.74, 6) is -0.273. The molecule has 1 heterocycles. The fourth-order valence-corrected chi connectivity index (χ4v) is 1.90. The SMILES string of the molecule is CNC(=O)NC(=O)C(C)N(C)CC1CCCN1. The third-order valence-electron chi connectivity index (χ3n) is 3.18. The summed E-state index contributed by atoms with van der Waals surface area (Å²) in [6.45, 7) is 3.67. The zero-order valence-electron chi connectivity index (χ0n) is 10.7. The maximum Gasteiger partial charge on any atom is 0.321 e. The number of likely N-dealkylation sites (N-methyl/N-ethyl adjacent to an activating group) is 1. The predicted molar refractivity (Wildman–Crippen MR) is 65.7 cm³/mol. The van der Waals surface area contributed by atoms with Crippen LogP contribution < -0.4 is 16.0 Å². The van der Waals surface area contributed by atoms with Crippen molar-refractivity contribution < 1.29 is 9.59 Å². The highest BCUT2D eigenvalue weighted by molar-refractivity contribution is 5.96. The second-order valence-corrected chi connectivity index (χ2v) is 4.48. The van der Waals surface area contributed by atoms with Crippen LogP contribution >= 0.6 is 0 Å². The summed E-state index contributed by atoms with van der Waals surface area (Å²) in [7, 11) is 3.38. The molecule has 1 aliphatic heterocycles. The lowest BCUT2D eigenvalue weighted by molar-refractivity contribution is -0.124. The van der Waals surface area contributed by atoms with E-state index in [1.54, 1.807) is 6.92 Å². The van der Waals surface area contributed by atoms with Crippen LogP contribution in [0.4, 0.5) is 4.79 Å². The molecule has 6 nitrogen and oxygen atoms in total. The van der Waals surface area contributed by atoms with E-state index in [-0.39, 0.29) is 11.9 Å². The van der Waals surface area contributed by atoms with E-state index >= 15 is 0 Å². The first-order chi connectivity index (χ1) is 8.04. The first-order valence-electron chi connectivity index (χ1n) is 6.00. The molecule has 1 rings (SSSR count). The number of carbonyl (C=O) groups excluding carboxylic acids is 2. The highest BCUT2D eigenvalue weighted by atomic mass is 16.2. The molecule has 6 heteroatoms. The summed E-state index contributed by atoms with van der Waals surface area (Å²) in [5, 5.41) is 8.03. The molecule has 0 aromatic carbocycles. The Labute approximate surface area is 102 Å². The molecule has 2 unspecified atom stereocenters. The summed E-state index contributed by atoms with van der Waals surface area (Å²) in [4.78, 5) is 24.7. The highest BCUT2D eigenvalue weighted by Gasteiger charge is 2.23. The quantitative estimate of drug-likeness (QED) is 0.622. The standard InChI is InChI=1S/C11H22N4O2/c1-8(10(16)14-11(17)12-2)15(3)7-9-5-4-6-13-9/h8-9,13H,4-7H2,1-3H3,(H2,12,14,16,17). The van der Waals surface area contributed by atoms with Gasteiger partial charge < -0.3 is 10.6 Å².